The molecule has 5 nitrogen and oxygen atoms in total. The fourth-order valence-electron chi connectivity index (χ4n) is 2.07. The lowest BCUT2D eigenvalue weighted by Crippen LogP contribution is -2.15. The predicted octanol–water partition coefficient (Wildman–Crippen LogP) is 3.39. The van der Waals surface area contributed by atoms with E-state index >= 15 is 0 Å². The van der Waals surface area contributed by atoms with E-state index in [2.05, 4.69) is 5.32 Å². The Labute approximate surface area is 122 Å². The molecule has 2 aromatic rings. The average Bonchev–Trinajstić information content (AvgIpc) is 2.43. The van der Waals surface area contributed by atoms with E-state index in [1.807, 2.05) is 31.2 Å². The van der Waals surface area contributed by atoms with Gasteiger partial charge in [0.25, 0.3) is 5.69 Å². The van der Waals surface area contributed by atoms with Gasteiger partial charge in [0.2, 0.25) is 5.91 Å². The molecule has 0 spiro atoms. The molecule has 0 radical (unpaired) electrons. The minimum absolute atomic E-state index is 0.0376. The summed E-state index contributed by atoms with van der Waals surface area (Å²) >= 11 is 0. The zero-order valence-corrected chi connectivity index (χ0v) is 11.9. The third kappa shape index (κ3) is 3.66. The molecule has 2 aromatic carbocycles. The van der Waals surface area contributed by atoms with Crippen LogP contribution in [0.3, 0.4) is 0 Å². The summed E-state index contributed by atoms with van der Waals surface area (Å²) in [4.78, 5) is 22.5. The normalized spacial score (nSPS) is 10.2. The summed E-state index contributed by atoms with van der Waals surface area (Å²) in [7, 11) is 0. The lowest BCUT2D eigenvalue weighted by molar-refractivity contribution is -0.385. The minimum atomic E-state index is -0.434. The second-order valence-electron chi connectivity index (χ2n) is 4.91. The Morgan fingerprint density at radius 2 is 1.81 bits per heavy atom. The number of hydrogen-bond donors (Lipinski definition) is 1. The van der Waals surface area contributed by atoms with Gasteiger partial charge in [-0.05, 0) is 31.5 Å². The molecule has 1 N–H and O–H groups in total. The molecule has 0 fully saturated rings. The summed E-state index contributed by atoms with van der Waals surface area (Å²) in [5.74, 6) is -0.192. The molecule has 108 valence electrons. The molecular weight excluding hydrogens is 268 g/mol. The predicted molar refractivity (Wildman–Crippen MR) is 81.3 cm³/mol. The zero-order valence-electron chi connectivity index (χ0n) is 11.9. The SMILES string of the molecule is Cc1ccc(NC(=O)Cc2cccc([N+](=O)[O-])c2C)cc1. The maximum Gasteiger partial charge on any atom is 0.272 e. The van der Waals surface area contributed by atoms with Crippen LogP contribution < -0.4 is 5.32 Å². The number of nitro groups is 1. The van der Waals surface area contributed by atoms with Crippen molar-refractivity contribution in [3.05, 3.63) is 69.3 Å². The van der Waals surface area contributed by atoms with Crippen molar-refractivity contribution >= 4 is 17.3 Å². The van der Waals surface area contributed by atoms with Crippen molar-refractivity contribution in [1.82, 2.24) is 0 Å². The van der Waals surface area contributed by atoms with Gasteiger partial charge in [0, 0.05) is 17.3 Å². The molecule has 0 saturated carbocycles. The molecule has 0 saturated heterocycles. The third-order valence-electron chi connectivity index (χ3n) is 3.30. The van der Waals surface area contributed by atoms with Crippen LogP contribution >= 0.6 is 0 Å². The number of benzene rings is 2. The number of nitrogens with zero attached hydrogens (tertiary/aromatic N) is 1. The largest absolute Gasteiger partial charge is 0.326 e. The minimum Gasteiger partial charge on any atom is -0.326 e. The lowest BCUT2D eigenvalue weighted by Gasteiger charge is -2.08. The van der Waals surface area contributed by atoms with Gasteiger partial charge in [-0.25, -0.2) is 0 Å². The number of nitrogens with one attached hydrogen (secondary N) is 1. The molecule has 1 amide bonds. The first-order chi connectivity index (χ1) is 9.97. The van der Waals surface area contributed by atoms with Crippen molar-refractivity contribution in [3.8, 4) is 0 Å². The summed E-state index contributed by atoms with van der Waals surface area (Å²) in [6.45, 7) is 3.63. The third-order valence-corrected chi connectivity index (χ3v) is 3.30. The van der Waals surface area contributed by atoms with E-state index in [1.54, 1.807) is 19.1 Å². The molecular formula is C16H16N2O3. The van der Waals surface area contributed by atoms with E-state index in [0.29, 0.717) is 16.8 Å². The number of amides is 1. The van der Waals surface area contributed by atoms with Gasteiger partial charge in [-0.2, -0.15) is 0 Å². The van der Waals surface area contributed by atoms with Gasteiger partial charge in [-0.15, -0.1) is 0 Å². The lowest BCUT2D eigenvalue weighted by atomic mass is 10.0. The second-order valence-corrected chi connectivity index (χ2v) is 4.91. The number of aryl methyl sites for hydroxylation is 1. The smallest absolute Gasteiger partial charge is 0.272 e. The van der Waals surface area contributed by atoms with Crippen LogP contribution in [-0.4, -0.2) is 10.8 Å². The highest BCUT2D eigenvalue weighted by Gasteiger charge is 2.15. The Kier molecular flexibility index (Phi) is 4.33. The number of anilines is 1. The van der Waals surface area contributed by atoms with E-state index in [4.69, 9.17) is 0 Å². The van der Waals surface area contributed by atoms with Crippen LogP contribution in [0.5, 0.6) is 0 Å². The van der Waals surface area contributed by atoms with Gasteiger partial charge in [-0.1, -0.05) is 29.8 Å². The molecule has 0 heterocycles. The maximum absolute atomic E-state index is 12.0. The zero-order chi connectivity index (χ0) is 15.4. The molecule has 0 bridgehead atoms. The summed E-state index contributed by atoms with van der Waals surface area (Å²) in [5, 5.41) is 13.7. The molecule has 0 aromatic heterocycles. The van der Waals surface area contributed by atoms with Crippen LogP contribution in [0.15, 0.2) is 42.5 Å². The highest BCUT2D eigenvalue weighted by Crippen LogP contribution is 2.21. The van der Waals surface area contributed by atoms with Crippen molar-refractivity contribution < 1.29 is 9.72 Å². The van der Waals surface area contributed by atoms with Gasteiger partial charge in [0.1, 0.15) is 0 Å². The van der Waals surface area contributed by atoms with E-state index in [9.17, 15) is 14.9 Å². The van der Waals surface area contributed by atoms with Crippen molar-refractivity contribution in [2.45, 2.75) is 20.3 Å². The molecule has 0 aliphatic heterocycles. The average molecular weight is 284 g/mol. The fourth-order valence-corrected chi connectivity index (χ4v) is 2.07. The van der Waals surface area contributed by atoms with E-state index in [0.717, 1.165) is 5.56 Å². The Bertz CT molecular complexity index is 678. The first-order valence-corrected chi connectivity index (χ1v) is 6.57. The number of hydrogen-bond acceptors (Lipinski definition) is 3. The highest BCUT2D eigenvalue weighted by molar-refractivity contribution is 5.92. The Morgan fingerprint density at radius 3 is 2.43 bits per heavy atom. The number of rotatable bonds is 4. The Balaban J connectivity index is 2.11. The van der Waals surface area contributed by atoms with Crippen molar-refractivity contribution in [2.75, 3.05) is 5.32 Å². The molecule has 2 rings (SSSR count). The summed E-state index contributed by atoms with van der Waals surface area (Å²) in [5.41, 5.74) is 3.06. The molecule has 0 aliphatic rings. The van der Waals surface area contributed by atoms with Crippen molar-refractivity contribution in [3.63, 3.8) is 0 Å². The summed E-state index contributed by atoms with van der Waals surface area (Å²) in [6.07, 6.45) is 0.112. The molecule has 0 unspecified atom stereocenters. The quantitative estimate of drug-likeness (QED) is 0.691. The topological polar surface area (TPSA) is 72.2 Å². The summed E-state index contributed by atoms with van der Waals surface area (Å²) < 4.78 is 0. The molecule has 21 heavy (non-hydrogen) atoms. The standard InChI is InChI=1S/C16H16N2O3/c1-11-6-8-14(9-7-11)17-16(19)10-13-4-3-5-15(12(13)2)18(20)21/h3-9H,10H2,1-2H3,(H,17,19). The Morgan fingerprint density at radius 1 is 1.14 bits per heavy atom. The van der Waals surface area contributed by atoms with Crippen LogP contribution in [0.25, 0.3) is 0 Å². The van der Waals surface area contributed by atoms with Gasteiger partial charge >= 0.3 is 0 Å². The van der Waals surface area contributed by atoms with Crippen LogP contribution in [0.2, 0.25) is 0 Å². The number of carbonyl (C=O) groups excluding carboxylic acids is 1. The number of carbonyl (C=O) groups is 1. The van der Waals surface area contributed by atoms with Gasteiger partial charge in [-0.3, -0.25) is 14.9 Å². The second kappa shape index (κ2) is 6.17. The Hall–Kier alpha value is -2.69. The first-order valence-electron chi connectivity index (χ1n) is 6.57. The molecule has 0 aliphatic carbocycles. The van der Waals surface area contributed by atoms with E-state index in [-0.39, 0.29) is 18.0 Å². The fraction of sp³-hybridized carbons (Fsp3) is 0.188. The monoisotopic (exact) mass is 284 g/mol. The molecule has 0 atom stereocenters. The first kappa shape index (κ1) is 14.7. The summed E-state index contributed by atoms with van der Waals surface area (Å²) in [6, 6.07) is 12.2. The van der Waals surface area contributed by atoms with Crippen molar-refractivity contribution in [1.29, 1.82) is 0 Å². The maximum atomic E-state index is 12.0. The molecule has 5 heteroatoms. The van der Waals surface area contributed by atoms with Gasteiger partial charge in [0.05, 0.1) is 11.3 Å². The van der Waals surface area contributed by atoms with Gasteiger partial charge < -0.3 is 5.32 Å². The van der Waals surface area contributed by atoms with Crippen molar-refractivity contribution in [2.24, 2.45) is 0 Å². The van der Waals surface area contributed by atoms with Gasteiger partial charge in [0.15, 0.2) is 0 Å². The van der Waals surface area contributed by atoms with Crippen LogP contribution in [-0.2, 0) is 11.2 Å². The van der Waals surface area contributed by atoms with Crippen LogP contribution in [0.1, 0.15) is 16.7 Å². The van der Waals surface area contributed by atoms with E-state index < -0.39 is 4.92 Å². The van der Waals surface area contributed by atoms with Crippen LogP contribution in [0.4, 0.5) is 11.4 Å². The van der Waals surface area contributed by atoms with Crippen LogP contribution in [0, 0.1) is 24.0 Å². The number of nitro benzene ring substituents is 1. The van der Waals surface area contributed by atoms with E-state index in [1.165, 1.54) is 6.07 Å². The highest BCUT2D eigenvalue weighted by atomic mass is 16.6.